The van der Waals surface area contributed by atoms with E-state index in [4.69, 9.17) is 4.98 Å². The van der Waals surface area contributed by atoms with Gasteiger partial charge in [-0.1, -0.05) is 0 Å². The van der Waals surface area contributed by atoms with E-state index in [2.05, 4.69) is 25.0 Å². The molecule has 0 spiro atoms. The number of alkyl halides is 2. The number of rotatable bonds is 3. The summed E-state index contributed by atoms with van der Waals surface area (Å²) in [6.45, 7) is -2.85. The largest absolute Gasteiger partial charge is 0.435 e. The second-order valence-electron chi connectivity index (χ2n) is 6.16. The van der Waals surface area contributed by atoms with Gasteiger partial charge in [-0.3, -0.25) is 4.98 Å². The highest BCUT2D eigenvalue weighted by Crippen LogP contribution is 2.42. The van der Waals surface area contributed by atoms with Crippen LogP contribution in [0, 0.1) is 0 Å². The summed E-state index contributed by atoms with van der Waals surface area (Å²) in [6.07, 6.45) is 5.16. The molecule has 1 aliphatic rings. The van der Waals surface area contributed by atoms with Crippen LogP contribution in [-0.4, -0.2) is 26.5 Å². The number of anilines is 2. The maximum absolute atomic E-state index is 12.4. The van der Waals surface area contributed by atoms with Crippen molar-refractivity contribution in [3.63, 3.8) is 0 Å². The lowest BCUT2D eigenvalue weighted by molar-refractivity contribution is -0.0498. The van der Waals surface area contributed by atoms with Gasteiger partial charge in [0.15, 0.2) is 0 Å². The molecular weight excluding hydrogens is 364 g/mol. The smallest absolute Gasteiger partial charge is 0.387 e. The van der Waals surface area contributed by atoms with Crippen molar-refractivity contribution in [2.75, 3.05) is 5.32 Å². The van der Waals surface area contributed by atoms with E-state index in [-0.39, 0.29) is 5.75 Å². The Morgan fingerprint density at radius 1 is 0.964 bits per heavy atom. The summed E-state index contributed by atoms with van der Waals surface area (Å²) in [5.41, 5.74) is 4.93. The molecule has 0 radical (unpaired) electrons. The van der Waals surface area contributed by atoms with Crippen molar-refractivity contribution < 1.29 is 13.5 Å². The van der Waals surface area contributed by atoms with Gasteiger partial charge in [-0.15, -0.1) is 0 Å². The van der Waals surface area contributed by atoms with Crippen LogP contribution < -0.4 is 10.1 Å². The van der Waals surface area contributed by atoms with Gasteiger partial charge < -0.3 is 15.0 Å². The predicted molar refractivity (Wildman–Crippen MR) is 100 cm³/mol. The van der Waals surface area contributed by atoms with Crippen molar-refractivity contribution in [3.8, 4) is 39.7 Å². The van der Waals surface area contributed by atoms with E-state index in [1.807, 2.05) is 18.2 Å². The highest BCUT2D eigenvalue weighted by molar-refractivity contribution is 5.95. The fourth-order valence-corrected chi connectivity index (χ4v) is 3.23. The van der Waals surface area contributed by atoms with Gasteiger partial charge in [-0.05, 0) is 42.5 Å². The van der Waals surface area contributed by atoms with Gasteiger partial charge in [-0.2, -0.15) is 8.78 Å². The SMILES string of the molecule is FC(F)Oc1ccc(-c2nc3c([nH]2)-c2ccncc2Nc2ncccc2-3)cc1. The number of nitrogens with zero attached hydrogens (tertiary/aromatic N) is 3. The number of imidazole rings is 1. The summed E-state index contributed by atoms with van der Waals surface area (Å²) in [5.74, 6) is 1.41. The third-order valence-electron chi connectivity index (χ3n) is 4.46. The molecule has 6 nitrogen and oxygen atoms in total. The van der Waals surface area contributed by atoms with E-state index in [0.717, 1.165) is 33.8 Å². The highest BCUT2D eigenvalue weighted by atomic mass is 19.3. The van der Waals surface area contributed by atoms with Gasteiger partial charge >= 0.3 is 6.61 Å². The number of H-pyrrole nitrogens is 1. The van der Waals surface area contributed by atoms with Crippen LogP contribution in [0.2, 0.25) is 0 Å². The first-order valence-electron chi connectivity index (χ1n) is 8.51. The van der Waals surface area contributed by atoms with E-state index in [0.29, 0.717) is 11.6 Å². The molecule has 0 unspecified atom stereocenters. The van der Waals surface area contributed by atoms with Crippen molar-refractivity contribution in [2.45, 2.75) is 6.61 Å². The van der Waals surface area contributed by atoms with Crippen LogP contribution in [0.25, 0.3) is 33.9 Å². The number of nitrogens with one attached hydrogen (secondary N) is 2. The van der Waals surface area contributed by atoms with Gasteiger partial charge in [-0.25, -0.2) is 9.97 Å². The second kappa shape index (κ2) is 6.41. The van der Waals surface area contributed by atoms with E-state index >= 15 is 0 Å². The van der Waals surface area contributed by atoms with Gasteiger partial charge in [0.1, 0.15) is 23.1 Å². The Morgan fingerprint density at radius 2 is 1.82 bits per heavy atom. The molecule has 1 aromatic carbocycles. The third-order valence-corrected chi connectivity index (χ3v) is 4.46. The van der Waals surface area contributed by atoms with E-state index in [1.54, 1.807) is 30.7 Å². The maximum Gasteiger partial charge on any atom is 0.387 e. The van der Waals surface area contributed by atoms with Crippen LogP contribution in [0.5, 0.6) is 5.75 Å². The number of halogens is 2. The fraction of sp³-hybridized carbons (Fsp3) is 0.0500. The van der Waals surface area contributed by atoms with Crippen LogP contribution in [-0.2, 0) is 0 Å². The van der Waals surface area contributed by atoms with Crippen molar-refractivity contribution in [2.24, 2.45) is 0 Å². The first kappa shape index (κ1) is 16.4. The number of aromatic nitrogens is 4. The minimum atomic E-state index is -2.85. The Bertz CT molecular complexity index is 1090. The number of aromatic amines is 1. The van der Waals surface area contributed by atoms with Crippen molar-refractivity contribution in [1.29, 1.82) is 0 Å². The lowest BCUT2D eigenvalue weighted by atomic mass is 10.1. The number of hydrogen-bond acceptors (Lipinski definition) is 5. The van der Waals surface area contributed by atoms with Gasteiger partial charge in [0.05, 0.1) is 17.6 Å². The first-order valence-corrected chi connectivity index (χ1v) is 8.51. The van der Waals surface area contributed by atoms with Crippen LogP contribution in [0.3, 0.4) is 0 Å². The molecule has 4 heterocycles. The van der Waals surface area contributed by atoms with Crippen molar-refractivity contribution in [3.05, 3.63) is 61.1 Å². The van der Waals surface area contributed by atoms with Crippen LogP contribution in [0.1, 0.15) is 0 Å². The maximum atomic E-state index is 12.4. The molecule has 0 atom stereocenters. The van der Waals surface area contributed by atoms with Crippen LogP contribution >= 0.6 is 0 Å². The Balaban J connectivity index is 1.65. The average Bonchev–Trinajstić information content (AvgIpc) is 3.09. The van der Waals surface area contributed by atoms with Crippen LogP contribution in [0.4, 0.5) is 20.3 Å². The van der Waals surface area contributed by atoms with Gasteiger partial charge in [0, 0.05) is 29.1 Å². The summed E-state index contributed by atoms with van der Waals surface area (Å²) in [4.78, 5) is 16.7. The molecule has 0 fully saturated rings. The summed E-state index contributed by atoms with van der Waals surface area (Å²) < 4.78 is 29.1. The van der Waals surface area contributed by atoms with E-state index in [9.17, 15) is 8.78 Å². The quantitative estimate of drug-likeness (QED) is 0.470. The molecule has 0 saturated heterocycles. The summed E-state index contributed by atoms with van der Waals surface area (Å²) >= 11 is 0. The highest BCUT2D eigenvalue weighted by Gasteiger charge is 2.24. The molecule has 0 aliphatic carbocycles. The Morgan fingerprint density at radius 3 is 2.64 bits per heavy atom. The van der Waals surface area contributed by atoms with Crippen LogP contribution in [0.15, 0.2) is 61.1 Å². The number of benzene rings is 1. The zero-order valence-corrected chi connectivity index (χ0v) is 14.4. The Kier molecular flexibility index (Phi) is 3.75. The molecule has 138 valence electrons. The number of hydrogen-bond donors (Lipinski definition) is 2. The molecule has 0 saturated carbocycles. The molecule has 28 heavy (non-hydrogen) atoms. The monoisotopic (exact) mass is 377 g/mol. The average molecular weight is 377 g/mol. The zero-order chi connectivity index (χ0) is 19.1. The standard InChI is InChI=1S/C20H13F2N5O/c21-20(22)28-12-5-3-11(4-6-12)18-26-16-13-7-9-23-10-15(13)25-19-14(17(16)27-18)2-1-8-24-19/h1-10,20H,(H,24,25)(H,26,27). The molecule has 5 rings (SSSR count). The van der Waals surface area contributed by atoms with Crippen molar-refractivity contribution >= 4 is 11.5 Å². The normalized spacial score (nSPS) is 11.8. The molecular formula is C20H13F2N5O. The first-order chi connectivity index (χ1) is 13.7. The Hall–Kier alpha value is -3.81. The molecule has 8 heteroatoms. The lowest BCUT2D eigenvalue weighted by Crippen LogP contribution is -2.01. The predicted octanol–water partition coefficient (Wildman–Crippen LogP) is 4.86. The topological polar surface area (TPSA) is 75.7 Å². The van der Waals surface area contributed by atoms with Crippen molar-refractivity contribution in [1.82, 2.24) is 19.9 Å². The molecule has 0 amide bonds. The molecule has 2 N–H and O–H groups in total. The summed E-state index contributed by atoms with van der Waals surface area (Å²) in [7, 11) is 0. The minimum Gasteiger partial charge on any atom is -0.435 e. The minimum absolute atomic E-state index is 0.0991. The molecule has 0 bridgehead atoms. The lowest BCUT2D eigenvalue weighted by Gasteiger charge is -2.08. The number of pyridine rings is 2. The number of fused-ring (bicyclic) bond motifs is 5. The molecule has 3 aromatic heterocycles. The number of ether oxygens (including phenoxy) is 1. The zero-order valence-electron chi connectivity index (χ0n) is 14.4. The van der Waals surface area contributed by atoms with Gasteiger partial charge in [0.25, 0.3) is 0 Å². The third kappa shape index (κ3) is 2.75. The second-order valence-corrected chi connectivity index (χ2v) is 6.16. The molecule has 1 aliphatic heterocycles. The molecule has 4 aromatic rings. The summed E-state index contributed by atoms with van der Waals surface area (Å²) in [5, 5.41) is 3.30. The van der Waals surface area contributed by atoms with Gasteiger partial charge in [0.2, 0.25) is 0 Å². The summed E-state index contributed by atoms with van der Waals surface area (Å²) in [6, 6.07) is 12.0. The Labute approximate surface area is 158 Å². The fourth-order valence-electron chi connectivity index (χ4n) is 3.23. The van der Waals surface area contributed by atoms with E-state index in [1.165, 1.54) is 12.1 Å². The van der Waals surface area contributed by atoms with E-state index < -0.39 is 6.61 Å².